The molecule has 1 aliphatic carbocycles. The number of nitrogens with zero attached hydrogens (tertiary/aromatic N) is 5. The molecule has 0 aliphatic heterocycles. The van der Waals surface area contributed by atoms with Crippen molar-refractivity contribution in [2.45, 2.75) is 71.9 Å². The maximum absolute atomic E-state index is 13.7. The van der Waals surface area contributed by atoms with E-state index in [4.69, 9.17) is 0 Å². The van der Waals surface area contributed by atoms with E-state index in [2.05, 4.69) is 65.9 Å². The Bertz CT molecular complexity index is 1090. The van der Waals surface area contributed by atoms with Gasteiger partial charge in [-0.05, 0) is 66.8 Å². The highest BCUT2D eigenvalue weighted by Crippen LogP contribution is 2.27. The monoisotopic (exact) mass is 446 g/mol. The van der Waals surface area contributed by atoms with Gasteiger partial charge in [0.1, 0.15) is 0 Å². The standard InChI is InChI=1S/C26H34N6O/c1-18-14-19(2)24(20(3)15-18)27-26(33)32(23-12-7-5-6-8-13-23)17-21-10-9-11-22(16-21)25-28-29-30-31(25)4/h9-11,14-16,23H,5-8,12-13,17H2,1-4H3,(H,27,33). The van der Waals surface area contributed by atoms with Crippen molar-refractivity contribution in [1.29, 1.82) is 0 Å². The van der Waals surface area contributed by atoms with Crippen molar-refractivity contribution in [1.82, 2.24) is 25.1 Å². The second-order valence-electron chi connectivity index (χ2n) is 9.30. The van der Waals surface area contributed by atoms with Crippen LogP contribution in [0.2, 0.25) is 0 Å². The molecule has 1 aromatic heterocycles. The van der Waals surface area contributed by atoms with Gasteiger partial charge in [0.05, 0.1) is 0 Å². The molecule has 7 heteroatoms. The van der Waals surface area contributed by atoms with Crippen LogP contribution in [0.1, 0.15) is 60.8 Å². The topological polar surface area (TPSA) is 75.9 Å². The first kappa shape index (κ1) is 23.0. The summed E-state index contributed by atoms with van der Waals surface area (Å²) in [6.45, 7) is 6.76. The summed E-state index contributed by atoms with van der Waals surface area (Å²) in [4.78, 5) is 15.7. The van der Waals surface area contributed by atoms with Gasteiger partial charge in [-0.1, -0.05) is 61.6 Å². The van der Waals surface area contributed by atoms with Crippen molar-refractivity contribution in [2.24, 2.45) is 7.05 Å². The van der Waals surface area contributed by atoms with Crippen LogP contribution < -0.4 is 5.32 Å². The summed E-state index contributed by atoms with van der Waals surface area (Å²) < 4.78 is 1.66. The summed E-state index contributed by atoms with van der Waals surface area (Å²) in [7, 11) is 1.83. The molecule has 0 radical (unpaired) electrons. The van der Waals surface area contributed by atoms with Crippen LogP contribution in [0.3, 0.4) is 0 Å². The summed E-state index contributed by atoms with van der Waals surface area (Å²) in [6.07, 6.45) is 6.93. The van der Waals surface area contributed by atoms with Gasteiger partial charge in [-0.15, -0.1) is 5.10 Å². The number of tetrazole rings is 1. The van der Waals surface area contributed by atoms with Crippen LogP contribution in [0.4, 0.5) is 10.5 Å². The normalized spacial score (nSPS) is 14.7. The van der Waals surface area contributed by atoms with E-state index in [1.165, 1.54) is 31.2 Å². The number of hydrogen-bond acceptors (Lipinski definition) is 4. The lowest BCUT2D eigenvalue weighted by molar-refractivity contribution is 0.175. The van der Waals surface area contributed by atoms with Crippen molar-refractivity contribution in [3.63, 3.8) is 0 Å². The van der Waals surface area contributed by atoms with Crippen molar-refractivity contribution in [3.8, 4) is 11.4 Å². The first-order valence-corrected chi connectivity index (χ1v) is 11.9. The molecule has 1 N–H and O–H groups in total. The minimum Gasteiger partial charge on any atom is -0.317 e. The summed E-state index contributed by atoms with van der Waals surface area (Å²) in [5.41, 5.74) is 6.34. The molecular weight excluding hydrogens is 412 g/mol. The molecule has 1 fully saturated rings. The molecule has 1 heterocycles. The number of aromatic nitrogens is 4. The lowest BCUT2D eigenvalue weighted by Crippen LogP contribution is -2.42. The summed E-state index contributed by atoms with van der Waals surface area (Å²) in [5, 5.41) is 15.1. The highest BCUT2D eigenvalue weighted by Gasteiger charge is 2.26. The Morgan fingerprint density at radius 1 is 1.06 bits per heavy atom. The van der Waals surface area contributed by atoms with E-state index in [-0.39, 0.29) is 12.1 Å². The van der Waals surface area contributed by atoms with E-state index in [1.807, 2.05) is 24.1 Å². The minimum absolute atomic E-state index is 0.0253. The third-order valence-electron chi connectivity index (χ3n) is 6.59. The number of nitrogens with one attached hydrogen (secondary N) is 1. The Kier molecular flexibility index (Phi) is 7.06. The molecule has 0 atom stereocenters. The molecule has 7 nitrogen and oxygen atoms in total. The maximum atomic E-state index is 13.7. The average Bonchev–Trinajstić information content (AvgIpc) is 3.04. The van der Waals surface area contributed by atoms with Gasteiger partial charge in [0.2, 0.25) is 0 Å². The van der Waals surface area contributed by atoms with E-state index in [0.29, 0.717) is 12.4 Å². The van der Waals surface area contributed by atoms with Gasteiger partial charge in [0, 0.05) is 30.9 Å². The fourth-order valence-electron chi connectivity index (χ4n) is 4.97. The van der Waals surface area contributed by atoms with Gasteiger partial charge < -0.3 is 10.2 Å². The zero-order valence-electron chi connectivity index (χ0n) is 20.1. The van der Waals surface area contributed by atoms with E-state index in [0.717, 1.165) is 40.8 Å². The van der Waals surface area contributed by atoms with E-state index >= 15 is 0 Å². The van der Waals surface area contributed by atoms with Gasteiger partial charge in [-0.25, -0.2) is 9.48 Å². The smallest absolute Gasteiger partial charge is 0.317 e. The molecule has 0 spiro atoms. The number of amides is 2. The number of hydrogen-bond donors (Lipinski definition) is 1. The van der Waals surface area contributed by atoms with Gasteiger partial charge >= 0.3 is 6.03 Å². The van der Waals surface area contributed by atoms with Crippen LogP contribution >= 0.6 is 0 Å². The second-order valence-corrected chi connectivity index (χ2v) is 9.30. The molecule has 174 valence electrons. The van der Waals surface area contributed by atoms with Crippen LogP contribution in [0.15, 0.2) is 36.4 Å². The number of rotatable bonds is 5. The number of benzene rings is 2. The largest absolute Gasteiger partial charge is 0.322 e. The molecule has 33 heavy (non-hydrogen) atoms. The van der Waals surface area contributed by atoms with Gasteiger partial charge in [-0.3, -0.25) is 0 Å². The van der Waals surface area contributed by atoms with E-state index in [1.54, 1.807) is 4.68 Å². The summed E-state index contributed by atoms with van der Waals surface area (Å²) in [5.74, 6) is 0.716. The molecule has 1 saturated carbocycles. The molecule has 4 rings (SSSR count). The van der Waals surface area contributed by atoms with Crippen molar-refractivity contribution >= 4 is 11.7 Å². The van der Waals surface area contributed by atoms with Crippen LogP contribution in [0, 0.1) is 20.8 Å². The van der Waals surface area contributed by atoms with E-state index < -0.39 is 0 Å². The number of urea groups is 1. The molecule has 2 amide bonds. The fourth-order valence-corrected chi connectivity index (χ4v) is 4.97. The Morgan fingerprint density at radius 3 is 2.39 bits per heavy atom. The summed E-state index contributed by atoms with van der Waals surface area (Å²) in [6, 6.07) is 12.6. The van der Waals surface area contributed by atoms with Crippen molar-refractivity contribution in [3.05, 3.63) is 58.7 Å². The molecule has 2 aromatic carbocycles. The van der Waals surface area contributed by atoms with Crippen molar-refractivity contribution < 1.29 is 4.79 Å². The lowest BCUT2D eigenvalue weighted by atomic mass is 10.0. The fraction of sp³-hybridized carbons (Fsp3) is 0.462. The SMILES string of the molecule is Cc1cc(C)c(NC(=O)N(Cc2cccc(-c3nnnn3C)c2)C2CCCCCC2)c(C)c1. The number of aryl methyl sites for hydroxylation is 4. The van der Waals surface area contributed by atoms with Crippen LogP contribution in [-0.4, -0.2) is 37.2 Å². The molecule has 0 bridgehead atoms. The van der Waals surface area contributed by atoms with Crippen LogP contribution in [0.5, 0.6) is 0 Å². The third kappa shape index (κ3) is 5.41. The number of carbonyl (C=O) groups is 1. The van der Waals surface area contributed by atoms with Gasteiger partial charge in [-0.2, -0.15) is 0 Å². The molecular formula is C26H34N6O. The Labute approximate surface area is 196 Å². The Hall–Kier alpha value is -3.22. The minimum atomic E-state index is -0.0253. The second kappa shape index (κ2) is 10.1. The predicted molar refractivity (Wildman–Crippen MR) is 131 cm³/mol. The Morgan fingerprint density at radius 2 is 1.76 bits per heavy atom. The summed E-state index contributed by atoms with van der Waals surface area (Å²) >= 11 is 0. The quantitative estimate of drug-likeness (QED) is 0.521. The first-order valence-electron chi connectivity index (χ1n) is 11.9. The van der Waals surface area contributed by atoms with Gasteiger partial charge in [0.25, 0.3) is 0 Å². The maximum Gasteiger partial charge on any atom is 0.322 e. The van der Waals surface area contributed by atoms with Gasteiger partial charge in [0.15, 0.2) is 5.82 Å². The van der Waals surface area contributed by atoms with Crippen LogP contribution in [-0.2, 0) is 13.6 Å². The van der Waals surface area contributed by atoms with E-state index in [9.17, 15) is 4.79 Å². The average molecular weight is 447 g/mol. The number of carbonyl (C=O) groups excluding carboxylic acids is 1. The highest BCUT2D eigenvalue weighted by molar-refractivity contribution is 5.91. The van der Waals surface area contributed by atoms with Crippen LogP contribution in [0.25, 0.3) is 11.4 Å². The molecule has 0 saturated heterocycles. The lowest BCUT2D eigenvalue weighted by Gasteiger charge is -2.32. The highest BCUT2D eigenvalue weighted by atomic mass is 16.2. The number of anilines is 1. The van der Waals surface area contributed by atoms with Crippen molar-refractivity contribution in [2.75, 3.05) is 5.32 Å². The zero-order valence-corrected chi connectivity index (χ0v) is 20.1. The predicted octanol–water partition coefficient (Wildman–Crippen LogP) is 5.56. The molecule has 1 aliphatic rings. The first-order chi connectivity index (χ1) is 15.9. The third-order valence-corrected chi connectivity index (χ3v) is 6.59. The molecule has 0 unspecified atom stereocenters. The zero-order chi connectivity index (χ0) is 23.4. The Balaban J connectivity index is 1.62. The molecule has 3 aromatic rings.